The fraction of sp³-hybridized carbons (Fsp3) is 0.400. The molecule has 0 atom stereocenters. The Morgan fingerprint density at radius 3 is 2.71 bits per heavy atom. The van der Waals surface area contributed by atoms with Gasteiger partial charge in [0.1, 0.15) is 5.82 Å². The lowest BCUT2D eigenvalue weighted by Crippen LogP contribution is -2.52. The van der Waals surface area contributed by atoms with Crippen LogP contribution in [0.3, 0.4) is 0 Å². The maximum atomic E-state index is 13.6. The van der Waals surface area contributed by atoms with Gasteiger partial charge in [-0.2, -0.15) is 0 Å². The lowest BCUT2D eigenvalue weighted by Gasteiger charge is -2.42. The summed E-state index contributed by atoms with van der Waals surface area (Å²) in [4.78, 5) is 0. The summed E-state index contributed by atoms with van der Waals surface area (Å²) in [5, 5.41) is 9.19. The van der Waals surface area contributed by atoms with Gasteiger partial charge in [0.05, 0.1) is 10.6 Å². The third-order valence-corrected chi connectivity index (χ3v) is 3.30. The van der Waals surface area contributed by atoms with Gasteiger partial charge < -0.3 is 10.8 Å². The third-order valence-electron chi connectivity index (χ3n) is 2.69. The first-order valence-electron chi connectivity index (χ1n) is 4.44. The minimum Gasteiger partial charge on any atom is -0.393 e. The molecule has 0 radical (unpaired) electrons. The number of hydrogen-bond acceptors (Lipinski definition) is 2. The van der Waals surface area contributed by atoms with Crippen LogP contribution in [0, 0.1) is 5.82 Å². The van der Waals surface area contributed by atoms with Crippen LogP contribution >= 0.6 is 15.9 Å². The highest BCUT2D eigenvalue weighted by Gasteiger charge is 2.43. The molecule has 76 valence electrons. The Morgan fingerprint density at radius 2 is 2.14 bits per heavy atom. The van der Waals surface area contributed by atoms with E-state index in [0.29, 0.717) is 22.9 Å². The van der Waals surface area contributed by atoms with E-state index in [1.165, 1.54) is 0 Å². The van der Waals surface area contributed by atoms with Crippen molar-refractivity contribution in [3.8, 4) is 0 Å². The predicted molar refractivity (Wildman–Crippen MR) is 55.2 cm³/mol. The fourth-order valence-corrected chi connectivity index (χ4v) is 2.26. The zero-order valence-electron chi connectivity index (χ0n) is 7.50. The van der Waals surface area contributed by atoms with Crippen LogP contribution in [0.4, 0.5) is 4.39 Å². The average Bonchev–Trinajstić information content (AvgIpc) is 2.07. The molecule has 0 bridgehead atoms. The molecule has 0 heterocycles. The molecule has 0 aliphatic heterocycles. The zero-order valence-corrected chi connectivity index (χ0v) is 9.09. The smallest absolute Gasteiger partial charge is 0.142 e. The molecule has 0 amide bonds. The number of benzene rings is 1. The van der Waals surface area contributed by atoms with Crippen molar-refractivity contribution >= 4 is 15.9 Å². The van der Waals surface area contributed by atoms with Gasteiger partial charge in [0.25, 0.3) is 0 Å². The van der Waals surface area contributed by atoms with Crippen molar-refractivity contribution in [3.05, 3.63) is 34.1 Å². The second-order valence-electron chi connectivity index (χ2n) is 3.82. The summed E-state index contributed by atoms with van der Waals surface area (Å²) >= 11 is 3.11. The van der Waals surface area contributed by atoms with Gasteiger partial charge >= 0.3 is 0 Å². The topological polar surface area (TPSA) is 46.2 Å². The minimum atomic E-state index is -0.687. The SMILES string of the molecule is NC1(c2cccc(Br)c2F)CC(O)C1. The van der Waals surface area contributed by atoms with Crippen LogP contribution < -0.4 is 5.73 Å². The lowest BCUT2D eigenvalue weighted by atomic mass is 9.70. The first-order chi connectivity index (χ1) is 6.53. The average molecular weight is 260 g/mol. The molecule has 14 heavy (non-hydrogen) atoms. The summed E-state index contributed by atoms with van der Waals surface area (Å²) in [6.45, 7) is 0. The first-order valence-corrected chi connectivity index (χ1v) is 5.24. The van der Waals surface area contributed by atoms with Crippen molar-refractivity contribution in [3.63, 3.8) is 0 Å². The van der Waals surface area contributed by atoms with Crippen LogP contribution in [0.25, 0.3) is 0 Å². The van der Waals surface area contributed by atoms with Gasteiger partial charge in [-0.1, -0.05) is 12.1 Å². The van der Waals surface area contributed by atoms with E-state index in [2.05, 4.69) is 15.9 Å². The molecule has 1 aliphatic rings. The highest BCUT2D eigenvalue weighted by molar-refractivity contribution is 9.10. The van der Waals surface area contributed by atoms with Gasteiger partial charge in [-0.25, -0.2) is 4.39 Å². The zero-order chi connectivity index (χ0) is 10.3. The third kappa shape index (κ3) is 1.47. The molecule has 1 aliphatic carbocycles. The van der Waals surface area contributed by atoms with E-state index in [1.807, 2.05) is 0 Å². The number of hydrogen-bond donors (Lipinski definition) is 2. The maximum absolute atomic E-state index is 13.6. The van der Waals surface area contributed by atoms with E-state index in [0.717, 1.165) is 0 Å². The highest BCUT2D eigenvalue weighted by Crippen LogP contribution is 2.41. The summed E-state index contributed by atoms with van der Waals surface area (Å²) in [7, 11) is 0. The van der Waals surface area contributed by atoms with E-state index < -0.39 is 11.6 Å². The molecule has 2 rings (SSSR count). The summed E-state index contributed by atoms with van der Waals surface area (Å²) < 4.78 is 14.1. The van der Waals surface area contributed by atoms with Crippen LogP contribution in [0.1, 0.15) is 18.4 Å². The molecule has 1 aromatic rings. The highest BCUT2D eigenvalue weighted by atomic mass is 79.9. The monoisotopic (exact) mass is 259 g/mol. The molecule has 2 nitrogen and oxygen atoms in total. The van der Waals surface area contributed by atoms with E-state index in [9.17, 15) is 9.50 Å². The second kappa shape index (κ2) is 3.29. The molecule has 4 heteroatoms. The number of aliphatic hydroxyl groups excluding tert-OH is 1. The molecule has 0 unspecified atom stereocenters. The molecule has 0 aromatic heterocycles. The molecular formula is C10H11BrFNO. The van der Waals surface area contributed by atoms with Gasteiger partial charge in [-0.3, -0.25) is 0 Å². The van der Waals surface area contributed by atoms with Gasteiger partial charge in [0.15, 0.2) is 0 Å². The number of rotatable bonds is 1. The maximum Gasteiger partial charge on any atom is 0.142 e. The van der Waals surface area contributed by atoms with Crippen molar-refractivity contribution in [1.82, 2.24) is 0 Å². The van der Waals surface area contributed by atoms with E-state index in [-0.39, 0.29) is 5.82 Å². The second-order valence-corrected chi connectivity index (χ2v) is 4.67. The molecule has 0 spiro atoms. The Morgan fingerprint density at radius 1 is 1.50 bits per heavy atom. The Balaban J connectivity index is 2.37. The molecular weight excluding hydrogens is 249 g/mol. The molecule has 1 fully saturated rings. The van der Waals surface area contributed by atoms with E-state index in [4.69, 9.17) is 5.73 Å². The number of halogens is 2. The van der Waals surface area contributed by atoms with Crippen LogP contribution in [0.2, 0.25) is 0 Å². The van der Waals surface area contributed by atoms with E-state index >= 15 is 0 Å². The van der Waals surface area contributed by atoms with Crippen LogP contribution in [0.15, 0.2) is 22.7 Å². The fourth-order valence-electron chi connectivity index (χ4n) is 1.89. The molecule has 1 aromatic carbocycles. The Kier molecular flexibility index (Phi) is 2.37. The van der Waals surface area contributed by atoms with Crippen molar-refractivity contribution in [1.29, 1.82) is 0 Å². The van der Waals surface area contributed by atoms with Crippen molar-refractivity contribution in [2.45, 2.75) is 24.5 Å². The van der Waals surface area contributed by atoms with Crippen LogP contribution in [0.5, 0.6) is 0 Å². The molecule has 1 saturated carbocycles. The standard InChI is InChI=1S/C10H11BrFNO/c11-8-3-1-2-7(9(8)12)10(13)4-6(14)5-10/h1-3,6,14H,4-5,13H2. The van der Waals surface area contributed by atoms with Gasteiger partial charge in [-0.15, -0.1) is 0 Å². The first kappa shape index (κ1) is 10.1. The number of aliphatic hydroxyl groups is 1. The number of nitrogens with two attached hydrogens (primary N) is 1. The normalized spacial score (nSPS) is 31.3. The Labute approximate surface area is 90.1 Å². The Hall–Kier alpha value is -0.450. The molecule has 3 N–H and O–H groups in total. The van der Waals surface area contributed by atoms with Crippen LogP contribution in [-0.4, -0.2) is 11.2 Å². The van der Waals surface area contributed by atoms with Crippen LogP contribution in [-0.2, 0) is 5.54 Å². The minimum absolute atomic E-state index is 0.318. The summed E-state index contributed by atoms with van der Waals surface area (Å²) in [6.07, 6.45) is 0.471. The van der Waals surface area contributed by atoms with Crippen molar-refractivity contribution in [2.75, 3.05) is 0 Å². The quantitative estimate of drug-likeness (QED) is 0.810. The predicted octanol–water partition coefficient (Wildman–Crippen LogP) is 1.90. The summed E-state index contributed by atoms with van der Waals surface area (Å²) in [5.41, 5.74) is 5.76. The van der Waals surface area contributed by atoms with E-state index in [1.54, 1.807) is 18.2 Å². The summed E-state index contributed by atoms with van der Waals surface area (Å²) in [6, 6.07) is 5.06. The summed E-state index contributed by atoms with van der Waals surface area (Å²) in [5.74, 6) is -0.318. The van der Waals surface area contributed by atoms with Gasteiger partial charge in [0, 0.05) is 11.1 Å². The molecule has 0 saturated heterocycles. The largest absolute Gasteiger partial charge is 0.393 e. The van der Waals surface area contributed by atoms with Crippen molar-refractivity contribution in [2.24, 2.45) is 5.73 Å². The Bertz CT molecular complexity index is 363. The van der Waals surface area contributed by atoms with Gasteiger partial charge in [-0.05, 0) is 34.8 Å². The van der Waals surface area contributed by atoms with Crippen molar-refractivity contribution < 1.29 is 9.50 Å². The van der Waals surface area contributed by atoms with Gasteiger partial charge in [0.2, 0.25) is 0 Å². The lowest BCUT2D eigenvalue weighted by molar-refractivity contribution is 0.0192.